The second-order valence-electron chi connectivity index (χ2n) is 4.94. The van der Waals surface area contributed by atoms with Gasteiger partial charge in [-0.05, 0) is 50.4 Å². The van der Waals surface area contributed by atoms with Crippen LogP contribution in [0.25, 0.3) is 0 Å². The Bertz CT molecular complexity index is 391. The molecule has 0 heterocycles. The second-order valence-corrected chi connectivity index (χ2v) is 4.94. The van der Waals surface area contributed by atoms with Crippen LogP contribution in [-0.4, -0.2) is 27.4 Å². The molecule has 3 nitrogen and oxygen atoms in total. The van der Waals surface area contributed by atoms with Crippen LogP contribution in [0.4, 0.5) is 0 Å². The molecule has 0 spiro atoms. The number of hydrogen-bond acceptors (Lipinski definition) is 3. The SMILES string of the molecule is CCNC(CCCOC)c1c(C)cc(C)cc1OC. The Kier molecular flexibility index (Phi) is 6.89. The van der Waals surface area contributed by atoms with E-state index in [-0.39, 0.29) is 0 Å². The fourth-order valence-electron chi connectivity index (χ4n) is 2.58. The first-order chi connectivity index (χ1) is 9.13. The molecular weight excluding hydrogens is 238 g/mol. The molecule has 0 radical (unpaired) electrons. The number of hydrogen-bond donors (Lipinski definition) is 1. The molecule has 0 amide bonds. The maximum absolute atomic E-state index is 5.57. The summed E-state index contributed by atoms with van der Waals surface area (Å²) in [6.07, 6.45) is 2.10. The van der Waals surface area contributed by atoms with E-state index >= 15 is 0 Å². The summed E-state index contributed by atoms with van der Waals surface area (Å²) in [4.78, 5) is 0. The van der Waals surface area contributed by atoms with Crippen LogP contribution >= 0.6 is 0 Å². The number of benzene rings is 1. The summed E-state index contributed by atoms with van der Waals surface area (Å²) in [6, 6.07) is 4.66. The van der Waals surface area contributed by atoms with Crippen LogP contribution in [0, 0.1) is 13.8 Å². The molecule has 108 valence electrons. The van der Waals surface area contributed by atoms with Crippen LogP contribution in [-0.2, 0) is 4.74 Å². The van der Waals surface area contributed by atoms with Crippen molar-refractivity contribution in [3.05, 3.63) is 28.8 Å². The number of ether oxygens (including phenoxy) is 2. The largest absolute Gasteiger partial charge is 0.496 e. The highest BCUT2D eigenvalue weighted by molar-refractivity contribution is 5.45. The molecule has 0 saturated heterocycles. The smallest absolute Gasteiger partial charge is 0.124 e. The molecule has 1 N–H and O–H groups in total. The van der Waals surface area contributed by atoms with Crippen molar-refractivity contribution in [3.8, 4) is 5.75 Å². The second kappa shape index (κ2) is 8.18. The van der Waals surface area contributed by atoms with Gasteiger partial charge in [0.25, 0.3) is 0 Å². The minimum atomic E-state index is 0.329. The van der Waals surface area contributed by atoms with Crippen LogP contribution < -0.4 is 10.1 Å². The average Bonchev–Trinajstić information content (AvgIpc) is 2.37. The average molecular weight is 265 g/mol. The van der Waals surface area contributed by atoms with E-state index in [4.69, 9.17) is 9.47 Å². The fourth-order valence-corrected chi connectivity index (χ4v) is 2.58. The first-order valence-electron chi connectivity index (χ1n) is 7.01. The van der Waals surface area contributed by atoms with Crippen LogP contribution in [0.15, 0.2) is 12.1 Å². The lowest BCUT2D eigenvalue weighted by molar-refractivity contribution is 0.188. The van der Waals surface area contributed by atoms with Gasteiger partial charge in [-0.25, -0.2) is 0 Å². The van der Waals surface area contributed by atoms with E-state index in [1.165, 1.54) is 16.7 Å². The zero-order valence-corrected chi connectivity index (χ0v) is 12.9. The van der Waals surface area contributed by atoms with Gasteiger partial charge in [0.05, 0.1) is 7.11 Å². The first-order valence-corrected chi connectivity index (χ1v) is 7.01. The van der Waals surface area contributed by atoms with E-state index in [1.54, 1.807) is 14.2 Å². The summed E-state index contributed by atoms with van der Waals surface area (Å²) >= 11 is 0. The molecule has 1 aromatic rings. The highest BCUT2D eigenvalue weighted by Gasteiger charge is 2.17. The van der Waals surface area contributed by atoms with Gasteiger partial charge in [0.1, 0.15) is 5.75 Å². The Hall–Kier alpha value is -1.06. The van der Waals surface area contributed by atoms with E-state index in [9.17, 15) is 0 Å². The van der Waals surface area contributed by atoms with Gasteiger partial charge >= 0.3 is 0 Å². The summed E-state index contributed by atoms with van der Waals surface area (Å²) in [7, 11) is 3.50. The summed E-state index contributed by atoms with van der Waals surface area (Å²) in [5.74, 6) is 0.987. The van der Waals surface area contributed by atoms with E-state index in [1.807, 2.05) is 0 Å². The Morgan fingerprint density at radius 1 is 1.21 bits per heavy atom. The molecule has 19 heavy (non-hydrogen) atoms. The minimum Gasteiger partial charge on any atom is -0.496 e. The molecule has 1 aromatic carbocycles. The lowest BCUT2D eigenvalue weighted by Crippen LogP contribution is -2.23. The summed E-state index contributed by atoms with van der Waals surface area (Å²) in [6.45, 7) is 8.15. The number of nitrogens with one attached hydrogen (secondary N) is 1. The van der Waals surface area contributed by atoms with Crippen molar-refractivity contribution in [1.29, 1.82) is 0 Å². The predicted octanol–water partition coefficient (Wildman–Crippen LogP) is 3.39. The maximum atomic E-state index is 5.57. The third-order valence-electron chi connectivity index (χ3n) is 3.35. The number of methoxy groups -OCH3 is 2. The van der Waals surface area contributed by atoms with Crippen molar-refractivity contribution in [2.75, 3.05) is 27.4 Å². The Balaban J connectivity index is 2.99. The predicted molar refractivity (Wildman–Crippen MR) is 80.0 cm³/mol. The minimum absolute atomic E-state index is 0.329. The van der Waals surface area contributed by atoms with Gasteiger partial charge in [-0.2, -0.15) is 0 Å². The molecule has 0 aliphatic rings. The van der Waals surface area contributed by atoms with Crippen LogP contribution in [0.2, 0.25) is 0 Å². The molecule has 3 heteroatoms. The van der Waals surface area contributed by atoms with Crippen molar-refractivity contribution < 1.29 is 9.47 Å². The summed E-state index contributed by atoms with van der Waals surface area (Å²) in [5, 5.41) is 3.56. The van der Waals surface area contributed by atoms with E-state index in [2.05, 4.69) is 38.2 Å². The molecule has 0 aromatic heterocycles. The molecule has 1 rings (SSSR count). The molecule has 0 aliphatic heterocycles. The molecule has 0 aliphatic carbocycles. The van der Waals surface area contributed by atoms with Gasteiger partial charge in [0.15, 0.2) is 0 Å². The van der Waals surface area contributed by atoms with E-state index in [0.717, 1.165) is 31.7 Å². The number of aryl methyl sites for hydroxylation is 2. The van der Waals surface area contributed by atoms with Crippen LogP contribution in [0.3, 0.4) is 0 Å². The molecule has 0 bridgehead atoms. The normalized spacial score (nSPS) is 12.5. The number of rotatable bonds is 8. The summed E-state index contributed by atoms with van der Waals surface area (Å²) < 4.78 is 10.7. The van der Waals surface area contributed by atoms with Crippen molar-refractivity contribution in [3.63, 3.8) is 0 Å². The maximum Gasteiger partial charge on any atom is 0.124 e. The third-order valence-corrected chi connectivity index (χ3v) is 3.35. The van der Waals surface area contributed by atoms with Crippen LogP contribution in [0.1, 0.15) is 42.5 Å². The molecule has 1 unspecified atom stereocenters. The first kappa shape index (κ1) is 16.0. The van der Waals surface area contributed by atoms with Crippen molar-refractivity contribution >= 4 is 0 Å². The van der Waals surface area contributed by atoms with E-state index in [0.29, 0.717) is 6.04 Å². The van der Waals surface area contributed by atoms with Gasteiger partial charge in [-0.15, -0.1) is 0 Å². The van der Waals surface area contributed by atoms with Gasteiger partial charge in [-0.3, -0.25) is 0 Å². The Morgan fingerprint density at radius 3 is 2.53 bits per heavy atom. The Labute approximate surface area is 117 Å². The molecule has 0 fully saturated rings. The van der Waals surface area contributed by atoms with Gasteiger partial charge in [0, 0.05) is 25.3 Å². The zero-order valence-electron chi connectivity index (χ0n) is 12.9. The Morgan fingerprint density at radius 2 is 1.95 bits per heavy atom. The topological polar surface area (TPSA) is 30.5 Å². The third kappa shape index (κ3) is 4.51. The van der Waals surface area contributed by atoms with Crippen molar-refractivity contribution in [2.24, 2.45) is 0 Å². The zero-order chi connectivity index (χ0) is 14.3. The molecule has 1 atom stereocenters. The highest BCUT2D eigenvalue weighted by atomic mass is 16.5. The lowest BCUT2D eigenvalue weighted by Gasteiger charge is -2.23. The summed E-state index contributed by atoms with van der Waals surface area (Å²) in [5.41, 5.74) is 3.82. The highest BCUT2D eigenvalue weighted by Crippen LogP contribution is 2.32. The lowest BCUT2D eigenvalue weighted by atomic mass is 9.94. The van der Waals surface area contributed by atoms with Gasteiger partial charge < -0.3 is 14.8 Å². The monoisotopic (exact) mass is 265 g/mol. The van der Waals surface area contributed by atoms with E-state index < -0.39 is 0 Å². The molecule has 0 saturated carbocycles. The van der Waals surface area contributed by atoms with Gasteiger partial charge in [0.2, 0.25) is 0 Å². The van der Waals surface area contributed by atoms with Crippen LogP contribution in [0.5, 0.6) is 5.75 Å². The van der Waals surface area contributed by atoms with Gasteiger partial charge in [-0.1, -0.05) is 13.0 Å². The van der Waals surface area contributed by atoms with Crippen molar-refractivity contribution in [1.82, 2.24) is 5.32 Å². The fraction of sp³-hybridized carbons (Fsp3) is 0.625. The quantitative estimate of drug-likeness (QED) is 0.731. The van der Waals surface area contributed by atoms with Crippen molar-refractivity contribution in [2.45, 2.75) is 39.7 Å². The molecular formula is C16H27NO2. The standard InChI is InChI=1S/C16H27NO2/c1-6-17-14(8-7-9-18-4)16-13(3)10-12(2)11-15(16)19-5/h10-11,14,17H,6-9H2,1-5H3.